The van der Waals surface area contributed by atoms with Crippen molar-refractivity contribution in [2.24, 2.45) is 7.05 Å². The minimum Gasteiger partial charge on any atom is -0.332 e. The first-order valence-electron chi connectivity index (χ1n) is 5.81. The summed E-state index contributed by atoms with van der Waals surface area (Å²) in [4.78, 5) is 16.9. The van der Waals surface area contributed by atoms with Crippen molar-refractivity contribution in [3.8, 4) is 0 Å². The van der Waals surface area contributed by atoms with Crippen molar-refractivity contribution in [2.45, 2.75) is 13.3 Å². The lowest BCUT2D eigenvalue weighted by Crippen LogP contribution is -2.23. The number of hydrogen-bond acceptors (Lipinski definition) is 2. The highest BCUT2D eigenvalue weighted by Gasteiger charge is 2.07. The van der Waals surface area contributed by atoms with E-state index in [-0.39, 0.29) is 0 Å². The molecule has 0 spiro atoms. The molecule has 1 heterocycles. The first-order chi connectivity index (χ1) is 8.49. The lowest BCUT2D eigenvalue weighted by molar-refractivity contribution is 0.232. The number of likely N-dealkylation sites (N-methyl/N-ethyl adjacent to an activating group) is 1. The molecule has 0 fully saturated rings. The van der Waals surface area contributed by atoms with E-state index in [1.54, 1.807) is 7.05 Å². The Kier molecular flexibility index (Phi) is 3.57. The van der Waals surface area contributed by atoms with Gasteiger partial charge in [0, 0.05) is 20.6 Å². The highest BCUT2D eigenvalue weighted by molar-refractivity contribution is 6.62. The second kappa shape index (κ2) is 4.98. The molecule has 0 unspecified atom stereocenters. The van der Waals surface area contributed by atoms with Gasteiger partial charge in [0.15, 0.2) is 0 Å². The monoisotopic (exact) mass is 265 g/mol. The molecule has 1 aromatic heterocycles. The van der Waals surface area contributed by atoms with Crippen molar-refractivity contribution in [1.82, 2.24) is 14.5 Å². The van der Waals surface area contributed by atoms with E-state index in [0.717, 1.165) is 28.8 Å². The Morgan fingerprint density at radius 3 is 2.89 bits per heavy atom. The molecule has 1 amide bonds. The lowest BCUT2D eigenvalue weighted by Gasteiger charge is -2.12. The molecule has 0 atom stereocenters. The quantitative estimate of drug-likeness (QED) is 0.632. The van der Waals surface area contributed by atoms with Gasteiger partial charge in [-0.25, -0.2) is 4.98 Å². The van der Waals surface area contributed by atoms with Crippen LogP contribution >= 0.6 is 11.6 Å². The summed E-state index contributed by atoms with van der Waals surface area (Å²) in [5.41, 5.74) is 3.27. The van der Waals surface area contributed by atoms with E-state index in [0.29, 0.717) is 6.54 Å². The molecule has 1 aromatic carbocycles. The Hall–Kier alpha value is -1.55. The average molecular weight is 266 g/mol. The van der Waals surface area contributed by atoms with Crippen LogP contribution in [0.2, 0.25) is 0 Å². The Morgan fingerprint density at radius 1 is 1.50 bits per heavy atom. The van der Waals surface area contributed by atoms with Crippen LogP contribution in [0.15, 0.2) is 18.2 Å². The minimum atomic E-state index is -0.426. The molecule has 2 rings (SSSR count). The maximum Gasteiger partial charge on any atom is 0.316 e. The third kappa shape index (κ3) is 2.48. The van der Waals surface area contributed by atoms with E-state index in [1.165, 1.54) is 4.90 Å². The third-order valence-corrected chi connectivity index (χ3v) is 3.49. The molecule has 4 nitrogen and oxygen atoms in total. The van der Waals surface area contributed by atoms with Crippen LogP contribution in [0.3, 0.4) is 0 Å². The van der Waals surface area contributed by atoms with Crippen molar-refractivity contribution in [2.75, 3.05) is 13.6 Å². The van der Waals surface area contributed by atoms with Gasteiger partial charge in [-0.15, -0.1) is 0 Å². The van der Waals surface area contributed by atoms with Crippen molar-refractivity contribution in [3.05, 3.63) is 29.6 Å². The fraction of sp³-hybridized carbons (Fsp3) is 0.385. The predicted octanol–water partition coefficient (Wildman–Crippen LogP) is 2.71. The van der Waals surface area contributed by atoms with Crippen molar-refractivity contribution < 1.29 is 4.79 Å². The van der Waals surface area contributed by atoms with Crippen LogP contribution in [0.5, 0.6) is 0 Å². The summed E-state index contributed by atoms with van der Waals surface area (Å²) in [6.45, 7) is 2.60. The van der Waals surface area contributed by atoms with Gasteiger partial charge in [-0.1, -0.05) is 6.07 Å². The zero-order chi connectivity index (χ0) is 13.3. The molecule has 0 N–H and O–H groups in total. The molecule has 0 radical (unpaired) electrons. The Balaban J connectivity index is 2.18. The number of aryl methyl sites for hydroxylation is 2. The number of amides is 1. The molecule has 0 aliphatic heterocycles. The molecule has 96 valence electrons. The van der Waals surface area contributed by atoms with Gasteiger partial charge < -0.3 is 9.47 Å². The first-order valence-corrected chi connectivity index (χ1v) is 6.19. The highest BCUT2D eigenvalue weighted by Crippen LogP contribution is 2.16. The second-order valence-corrected chi connectivity index (χ2v) is 4.79. The molecular weight excluding hydrogens is 250 g/mol. The summed E-state index contributed by atoms with van der Waals surface area (Å²) in [6, 6.07) is 6.19. The molecule has 0 saturated heterocycles. The zero-order valence-electron chi connectivity index (χ0n) is 10.8. The van der Waals surface area contributed by atoms with Crippen LogP contribution in [0.25, 0.3) is 11.0 Å². The van der Waals surface area contributed by atoms with E-state index < -0.39 is 5.37 Å². The lowest BCUT2D eigenvalue weighted by atomic mass is 10.1. The predicted molar refractivity (Wildman–Crippen MR) is 73.0 cm³/mol. The summed E-state index contributed by atoms with van der Waals surface area (Å²) in [7, 11) is 3.70. The van der Waals surface area contributed by atoms with Crippen LogP contribution in [0.4, 0.5) is 4.79 Å². The molecule has 18 heavy (non-hydrogen) atoms. The topological polar surface area (TPSA) is 38.1 Å². The van der Waals surface area contributed by atoms with Crippen LogP contribution in [-0.4, -0.2) is 33.4 Å². The first kappa shape index (κ1) is 12.9. The number of rotatable bonds is 3. The molecule has 2 aromatic rings. The van der Waals surface area contributed by atoms with E-state index in [9.17, 15) is 4.79 Å². The molecular formula is C13H16ClN3O. The Morgan fingerprint density at radius 2 is 2.22 bits per heavy atom. The number of halogens is 1. The average Bonchev–Trinajstić information content (AvgIpc) is 2.61. The number of benzene rings is 1. The number of imidazole rings is 1. The molecule has 0 saturated carbocycles. The summed E-state index contributed by atoms with van der Waals surface area (Å²) in [6.07, 6.45) is 0.778. The van der Waals surface area contributed by atoms with E-state index in [2.05, 4.69) is 27.8 Å². The van der Waals surface area contributed by atoms with Crippen LogP contribution in [-0.2, 0) is 13.5 Å². The SMILES string of the molecule is Cc1nc2cc(CCN(C)C(=O)Cl)ccc2n1C. The smallest absolute Gasteiger partial charge is 0.316 e. The summed E-state index contributed by atoms with van der Waals surface area (Å²) < 4.78 is 2.06. The molecule has 0 aliphatic rings. The number of carbonyl (C=O) groups excluding carboxylic acids is 1. The standard InChI is InChI=1S/C13H16ClN3O/c1-9-15-11-8-10(4-5-12(11)17(9)3)6-7-16(2)13(14)18/h4-5,8H,6-7H2,1-3H3. The summed E-state index contributed by atoms with van der Waals surface area (Å²) in [5.74, 6) is 0.996. The van der Waals surface area contributed by atoms with Crippen molar-refractivity contribution >= 4 is 28.0 Å². The highest BCUT2D eigenvalue weighted by atomic mass is 35.5. The van der Waals surface area contributed by atoms with Gasteiger partial charge in [-0.2, -0.15) is 0 Å². The molecule has 5 heteroatoms. The summed E-state index contributed by atoms with van der Waals surface area (Å²) in [5, 5.41) is -0.426. The fourth-order valence-corrected chi connectivity index (χ4v) is 1.99. The van der Waals surface area contributed by atoms with E-state index >= 15 is 0 Å². The van der Waals surface area contributed by atoms with E-state index in [4.69, 9.17) is 11.6 Å². The van der Waals surface area contributed by atoms with Gasteiger partial charge in [-0.05, 0) is 42.6 Å². The van der Waals surface area contributed by atoms with Crippen molar-refractivity contribution in [3.63, 3.8) is 0 Å². The number of fused-ring (bicyclic) bond motifs is 1. The van der Waals surface area contributed by atoms with Gasteiger partial charge in [0.2, 0.25) is 0 Å². The minimum absolute atomic E-state index is 0.426. The van der Waals surface area contributed by atoms with Crippen LogP contribution in [0.1, 0.15) is 11.4 Å². The van der Waals surface area contributed by atoms with Gasteiger partial charge in [0.25, 0.3) is 0 Å². The largest absolute Gasteiger partial charge is 0.332 e. The maximum atomic E-state index is 10.9. The van der Waals surface area contributed by atoms with Gasteiger partial charge in [0.1, 0.15) is 5.82 Å². The normalized spacial score (nSPS) is 10.9. The summed E-state index contributed by atoms with van der Waals surface area (Å²) >= 11 is 5.38. The molecule has 0 aliphatic carbocycles. The van der Waals surface area contributed by atoms with Gasteiger partial charge >= 0.3 is 5.37 Å². The Bertz CT molecular complexity index is 591. The fourth-order valence-electron chi connectivity index (χ4n) is 1.91. The zero-order valence-corrected chi connectivity index (χ0v) is 11.5. The van der Waals surface area contributed by atoms with Crippen LogP contribution in [0, 0.1) is 6.92 Å². The molecule has 0 bridgehead atoms. The number of nitrogens with zero attached hydrogens (tertiary/aromatic N) is 3. The number of aromatic nitrogens is 2. The Labute approximate surface area is 111 Å². The third-order valence-electron chi connectivity index (χ3n) is 3.20. The number of hydrogen-bond donors (Lipinski definition) is 0. The van der Waals surface area contributed by atoms with E-state index in [1.807, 2.05) is 14.0 Å². The number of carbonyl (C=O) groups is 1. The van der Waals surface area contributed by atoms with Gasteiger partial charge in [0.05, 0.1) is 11.0 Å². The van der Waals surface area contributed by atoms with Crippen molar-refractivity contribution in [1.29, 1.82) is 0 Å². The maximum absolute atomic E-state index is 10.9. The van der Waals surface area contributed by atoms with Gasteiger partial charge in [-0.3, -0.25) is 4.79 Å². The van der Waals surface area contributed by atoms with Crippen LogP contribution < -0.4 is 0 Å². The second-order valence-electron chi connectivity index (χ2n) is 4.47.